The molecular formula is C11H19NO5. The molecule has 0 amide bonds. The van der Waals surface area contributed by atoms with E-state index in [0.29, 0.717) is 6.54 Å². The lowest BCUT2D eigenvalue weighted by Gasteiger charge is -2.23. The number of carbonyl (C=O) groups is 2. The Morgan fingerprint density at radius 2 is 2.00 bits per heavy atom. The normalized spacial score (nSPS) is 25.0. The molecule has 1 fully saturated rings. The van der Waals surface area contributed by atoms with Gasteiger partial charge in [0.05, 0.1) is 27.2 Å². The van der Waals surface area contributed by atoms with Crippen LogP contribution < -0.4 is 0 Å². The number of nitrogens with zero attached hydrogens (tertiary/aromatic N) is 1. The van der Waals surface area contributed by atoms with Crippen LogP contribution in [-0.2, 0) is 23.9 Å². The minimum atomic E-state index is -0.952. The Morgan fingerprint density at radius 3 is 2.41 bits per heavy atom. The van der Waals surface area contributed by atoms with Crippen LogP contribution in [0.5, 0.6) is 0 Å². The zero-order valence-corrected chi connectivity index (χ0v) is 10.7. The fourth-order valence-electron chi connectivity index (χ4n) is 1.80. The molecule has 0 aromatic rings. The van der Waals surface area contributed by atoms with Gasteiger partial charge in [-0.1, -0.05) is 0 Å². The summed E-state index contributed by atoms with van der Waals surface area (Å²) in [5.74, 6) is -0.879. The van der Waals surface area contributed by atoms with Gasteiger partial charge in [-0.05, 0) is 13.8 Å². The molecule has 0 aromatic carbocycles. The first-order valence-electron chi connectivity index (χ1n) is 5.50. The third-order valence-corrected chi connectivity index (χ3v) is 2.87. The average Bonchev–Trinajstić information content (AvgIpc) is 2.73. The van der Waals surface area contributed by atoms with E-state index in [2.05, 4.69) is 4.74 Å². The number of ether oxygens (including phenoxy) is 2. The SMILES string of the molecule is COC(=O)CC1(C(=O)OC)CON(C(C)C)C1. The number of hydrogen-bond acceptors (Lipinski definition) is 6. The summed E-state index contributed by atoms with van der Waals surface area (Å²) in [4.78, 5) is 28.6. The Hall–Kier alpha value is -1.14. The summed E-state index contributed by atoms with van der Waals surface area (Å²) in [7, 11) is 2.60. The third-order valence-electron chi connectivity index (χ3n) is 2.87. The molecule has 0 spiro atoms. The molecule has 1 saturated heterocycles. The predicted molar refractivity (Wildman–Crippen MR) is 58.9 cm³/mol. The highest BCUT2D eigenvalue weighted by atomic mass is 16.7. The molecule has 17 heavy (non-hydrogen) atoms. The van der Waals surface area contributed by atoms with Crippen molar-refractivity contribution in [3.8, 4) is 0 Å². The van der Waals surface area contributed by atoms with Crippen LogP contribution in [0.2, 0.25) is 0 Å². The van der Waals surface area contributed by atoms with Gasteiger partial charge in [0.15, 0.2) is 0 Å². The summed E-state index contributed by atoms with van der Waals surface area (Å²) in [5, 5.41) is 1.68. The molecule has 0 aromatic heterocycles. The van der Waals surface area contributed by atoms with E-state index in [0.717, 1.165) is 0 Å². The van der Waals surface area contributed by atoms with Crippen LogP contribution in [0.25, 0.3) is 0 Å². The topological polar surface area (TPSA) is 65.1 Å². The van der Waals surface area contributed by atoms with Crippen molar-refractivity contribution in [2.45, 2.75) is 26.3 Å². The summed E-state index contributed by atoms with van der Waals surface area (Å²) in [6.07, 6.45) is -0.0284. The van der Waals surface area contributed by atoms with Gasteiger partial charge in [-0.15, -0.1) is 0 Å². The second kappa shape index (κ2) is 5.46. The molecule has 6 heteroatoms. The smallest absolute Gasteiger partial charge is 0.316 e. The second-order valence-electron chi connectivity index (χ2n) is 4.47. The van der Waals surface area contributed by atoms with Crippen molar-refractivity contribution < 1.29 is 23.9 Å². The van der Waals surface area contributed by atoms with Crippen LogP contribution in [-0.4, -0.2) is 50.4 Å². The maximum atomic E-state index is 11.8. The Bertz CT molecular complexity index is 304. The largest absolute Gasteiger partial charge is 0.469 e. The second-order valence-corrected chi connectivity index (χ2v) is 4.47. The van der Waals surface area contributed by atoms with Crippen LogP contribution in [0.15, 0.2) is 0 Å². The van der Waals surface area contributed by atoms with Gasteiger partial charge in [0, 0.05) is 12.6 Å². The quantitative estimate of drug-likeness (QED) is 0.666. The number of esters is 2. The lowest BCUT2D eigenvalue weighted by molar-refractivity contribution is -0.159. The zero-order chi connectivity index (χ0) is 13.1. The summed E-state index contributed by atoms with van der Waals surface area (Å²) in [6, 6.07) is 0.138. The molecule has 0 bridgehead atoms. The zero-order valence-electron chi connectivity index (χ0n) is 10.7. The molecule has 6 nitrogen and oxygen atoms in total. The molecular weight excluding hydrogens is 226 g/mol. The van der Waals surface area contributed by atoms with Crippen molar-refractivity contribution >= 4 is 11.9 Å². The van der Waals surface area contributed by atoms with Gasteiger partial charge in [-0.2, -0.15) is 5.06 Å². The van der Waals surface area contributed by atoms with E-state index in [4.69, 9.17) is 9.57 Å². The van der Waals surface area contributed by atoms with E-state index < -0.39 is 17.4 Å². The van der Waals surface area contributed by atoms with Gasteiger partial charge in [0.25, 0.3) is 0 Å². The summed E-state index contributed by atoms with van der Waals surface area (Å²) in [5.41, 5.74) is -0.952. The van der Waals surface area contributed by atoms with Crippen LogP contribution in [0.3, 0.4) is 0 Å². The Kier molecular flexibility index (Phi) is 4.47. The lowest BCUT2D eigenvalue weighted by atomic mass is 9.85. The summed E-state index contributed by atoms with van der Waals surface area (Å²) in [6.45, 7) is 4.39. The number of methoxy groups -OCH3 is 2. The first kappa shape index (κ1) is 13.9. The van der Waals surface area contributed by atoms with E-state index >= 15 is 0 Å². The van der Waals surface area contributed by atoms with Gasteiger partial charge >= 0.3 is 11.9 Å². The summed E-state index contributed by atoms with van der Waals surface area (Å²) >= 11 is 0. The molecule has 1 rings (SSSR count). The van der Waals surface area contributed by atoms with Gasteiger partial charge in [0.2, 0.25) is 0 Å². The maximum absolute atomic E-state index is 11.8. The maximum Gasteiger partial charge on any atom is 0.316 e. The van der Waals surface area contributed by atoms with Crippen molar-refractivity contribution in [3.05, 3.63) is 0 Å². The van der Waals surface area contributed by atoms with Crippen LogP contribution >= 0.6 is 0 Å². The van der Waals surface area contributed by atoms with Crippen LogP contribution in [0.4, 0.5) is 0 Å². The monoisotopic (exact) mass is 245 g/mol. The predicted octanol–water partition coefficient (Wildman–Crippen LogP) is 0.364. The molecule has 0 aliphatic carbocycles. The molecule has 0 radical (unpaired) electrons. The van der Waals surface area contributed by atoms with Crippen molar-refractivity contribution in [1.82, 2.24) is 5.06 Å². The first-order valence-corrected chi connectivity index (χ1v) is 5.50. The van der Waals surface area contributed by atoms with Gasteiger partial charge in [0.1, 0.15) is 5.41 Å². The third kappa shape index (κ3) is 2.95. The highest BCUT2D eigenvalue weighted by Gasteiger charge is 2.49. The average molecular weight is 245 g/mol. The lowest BCUT2D eigenvalue weighted by Crippen LogP contribution is -2.41. The number of hydrogen-bond donors (Lipinski definition) is 0. The Balaban J connectivity index is 2.82. The fourth-order valence-corrected chi connectivity index (χ4v) is 1.80. The van der Waals surface area contributed by atoms with Crippen molar-refractivity contribution in [2.75, 3.05) is 27.4 Å². The number of hydroxylamine groups is 2. The molecule has 1 aliphatic rings. The highest BCUT2D eigenvalue weighted by molar-refractivity contribution is 5.84. The van der Waals surface area contributed by atoms with Gasteiger partial charge in [-0.25, -0.2) is 0 Å². The van der Waals surface area contributed by atoms with Crippen molar-refractivity contribution in [2.24, 2.45) is 5.41 Å². The fraction of sp³-hybridized carbons (Fsp3) is 0.818. The first-order chi connectivity index (χ1) is 7.95. The number of carbonyl (C=O) groups excluding carboxylic acids is 2. The molecule has 1 atom stereocenters. The highest BCUT2D eigenvalue weighted by Crippen LogP contribution is 2.33. The molecule has 0 N–H and O–H groups in total. The van der Waals surface area contributed by atoms with Gasteiger partial charge < -0.3 is 9.47 Å². The standard InChI is InChI=1S/C11H19NO5/c1-8(2)12-6-11(7-17-12,10(14)16-4)5-9(13)15-3/h8H,5-7H2,1-4H3. The van der Waals surface area contributed by atoms with Crippen molar-refractivity contribution in [1.29, 1.82) is 0 Å². The minimum absolute atomic E-state index is 0.0284. The van der Waals surface area contributed by atoms with Crippen LogP contribution in [0, 0.1) is 5.41 Å². The molecule has 1 aliphatic heterocycles. The number of rotatable bonds is 4. The van der Waals surface area contributed by atoms with E-state index in [-0.39, 0.29) is 19.1 Å². The molecule has 0 saturated carbocycles. The van der Waals surface area contributed by atoms with Crippen LogP contribution in [0.1, 0.15) is 20.3 Å². The Labute approximate surface area is 101 Å². The molecule has 1 heterocycles. The Morgan fingerprint density at radius 1 is 1.35 bits per heavy atom. The van der Waals surface area contributed by atoms with Crippen molar-refractivity contribution in [3.63, 3.8) is 0 Å². The molecule has 98 valence electrons. The summed E-state index contributed by atoms with van der Waals surface area (Å²) < 4.78 is 9.36. The van der Waals surface area contributed by atoms with E-state index in [1.54, 1.807) is 5.06 Å². The van der Waals surface area contributed by atoms with E-state index in [9.17, 15) is 9.59 Å². The molecule has 1 unspecified atom stereocenters. The van der Waals surface area contributed by atoms with Gasteiger partial charge in [-0.3, -0.25) is 14.4 Å². The van der Waals surface area contributed by atoms with E-state index in [1.165, 1.54) is 14.2 Å². The van der Waals surface area contributed by atoms with E-state index in [1.807, 2.05) is 13.8 Å². The minimum Gasteiger partial charge on any atom is -0.469 e.